The maximum Gasteiger partial charge on any atom is 0.417 e. The molecule has 7 nitrogen and oxygen atoms in total. The van der Waals surface area contributed by atoms with Gasteiger partial charge in [-0.3, -0.25) is 4.79 Å². The maximum atomic E-state index is 13.5. The maximum absolute atomic E-state index is 13.5. The number of hydrogen-bond acceptors (Lipinski definition) is 5. The molecule has 0 spiro atoms. The second-order valence-electron chi connectivity index (χ2n) is 8.92. The summed E-state index contributed by atoms with van der Waals surface area (Å²) in [5, 5.41) is 12.4. The van der Waals surface area contributed by atoms with Gasteiger partial charge in [-0.2, -0.15) is 18.4 Å². The summed E-state index contributed by atoms with van der Waals surface area (Å²) in [6.45, 7) is 3.04. The van der Waals surface area contributed by atoms with Crippen molar-refractivity contribution in [2.75, 3.05) is 17.3 Å². The van der Waals surface area contributed by atoms with Gasteiger partial charge in [-0.15, -0.1) is 0 Å². The number of alkyl halides is 3. The molecule has 0 atom stereocenters. The SMILES string of the molecule is COc1ccc(Nc2ccccc2)c(CN2C(=O)N(c3ccc(C#N)c(C(F)(F)F)c3)C(=O)C2(C)C)c1. The Hall–Kier alpha value is -4.52. The van der Waals surface area contributed by atoms with Crippen molar-refractivity contribution in [2.24, 2.45) is 0 Å². The predicted molar refractivity (Wildman–Crippen MR) is 131 cm³/mol. The summed E-state index contributed by atoms with van der Waals surface area (Å²) in [4.78, 5) is 28.9. The van der Waals surface area contributed by atoms with Crippen molar-refractivity contribution in [1.82, 2.24) is 4.90 Å². The van der Waals surface area contributed by atoms with Crippen LogP contribution in [0.15, 0.2) is 66.7 Å². The van der Waals surface area contributed by atoms with Crippen LogP contribution >= 0.6 is 0 Å². The molecule has 190 valence electrons. The zero-order chi connectivity index (χ0) is 27.0. The van der Waals surface area contributed by atoms with E-state index in [1.165, 1.54) is 31.9 Å². The number of anilines is 3. The van der Waals surface area contributed by atoms with Crippen LogP contribution in [0.3, 0.4) is 0 Å². The van der Waals surface area contributed by atoms with E-state index >= 15 is 0 Å². The summed E-state index contributed by atoms with van der Waals surface area (Å²) >= 11 is 0. The summed E-state index contributed by atoms with van der Waals surface area (Å²) < 4.78 is 46.0. The minimum Gasteiger partial charge on any atom is -0.497 e. The number of para-hydroxylation sites is 1. The molecule has 37 heavy (non-hydrogen) atoms. The number of nitrogens with one attached hydrogen (secondary N) is 1. The van der Waals surface area contributed by atoms with Crippen LogP contribution in [0.25, 0.3) is 0 Å². The number of nitrogens with zero attached hydrogens (tertiary/aromatic N) is 3. The average Bonchev–Trinajstić information content (AvgIpc) is 3.03. The highest BCUT2D eigenvalue weighted by Crippen LogP contribution is 2.39. The number of imide groups is 1. The Balaban J connectivity index is 1.72. The van der Waals surface area contributed by atoms with Crippen molar-refractivity contribution in [3.05, 3.63) is 83.4 Å². The van der Waals surface area contributed by atoms with Gasteiger partial charge in [-0.1, -0.05) is 18.2 Å². The first-order chi connectivity index (χ1) is 17.5. The molecular weight excluding hydrogens is 485 g/mol. The first kappa shape index (κ1) is 25.6. The number of methoxy groups -OCH3 is 1. The number of amides is 3. The molecule has 0 radical (unpaired) electrons. The summed E-state index contributed by atoms with van der Waals surface area (Å²) in [5.74, 6) is -0.154. The fourth-order valence-electron chi connectivity index (χ4n) is 4.13. The van der Waals surface area contributed by atoms with Crippen molar-refractivity contribution in [1.29, 1.82) is 5.26 Å². The minimum absolute atomic E-state index is 0.0250. The molecule has 10 heteroatoms. The highest BCUT2D eigenvalue weighted by molar-refractivity contribution is 6.23. The zero-order valence-corrected chi connectivity index (χ0v) is 20.3. The number of nitriles is 1. The number of rotatable bonds is 6. The molecule has 1 fully saturated rings. The van der Waals surface area contributed by atoms with E-state index in [1.54, 1.807) is 18.2 Å². The van der Waals surface area contributed by atoms with Crippen LogP contribution in [0.2, 0.25) is 0 Å². The van der Waals surface area contributed by atoms with E-state index in [2.05, 4.69) is 5.32 Å². The van der Waals surface area contributed by atoms with E-state index in [4.69, 9.17) is 10.00 Å². The first-order valence-electron chi connectivity index (χ1n) is 11.2. The second-order valence-corrected chi connectivity index (χ2v) is 8.92. The molecule has 1 aliphatic heterocycles. The van der Waals surface area contributed by atoms with Crippen molar-refractivity contribution in [3.8, 4) is 11.8 Å². The highest BCUT2D eigenvalue weighted by atomic mass is 19.4. The van der Waals surface area contributed by atoms with Gasteiger partial charge < -0.3 is 15.0 Å². The number of halogens is 3. The Morgan fingerprint density at radius 3 is 2.35 bits per heavy atom. The second kappa shape index (κ2) is 9.50. The zero-order valence-electron chi connectivity index (χ0n) is 20.3. The summed E-state index contributed by atoms with van der Waals surface area (Å²) in [6, 6.07) is 18.1. The van der Waals surface area contributed by atoms with Gasteiger partial charge in [0.15, 0.2) is 0 Å². The molecule has 1 N–H and O–H groups in total. The fraction of sp³-hybridized carbons (Fsp3) is 0.222. The number of ether oxygens (including phenoxy) is 1. The largest absolute Gasteiger partial charge is 0.497 e. The van der Waals surface area contributed by atoms with Crippen molar-refractivity contribution >= 4 is 29.0 Å². The molecule has 0 unspecified atom stereocenters. The van der Waals surface area contributed by atoms with Gasteiger partial charge in [0.1, 0.15) is 11.3 Å². The molecule has 3 amide bonds. The van der Waals surface area contributed by atoms with Gasteiger partial charge in [-0.05, 0) is 67.9 Å². The summed E-state index contributed by atoms with van der Waals surface area (Å²) in [7, 11) is 1.50. The van der Waals surface area contributed by atoms with E-state index in [0.29, 0.717) is 23.1 Å². The lowest BCUT2D eigenvalue weighted by molar-refractivity contribution is -0.137. The van der Waals surface area contributed by atoms with Crippen molar-refractivity contribution in [3.63, 3.8) is 0 Å². The number of urea groups is 1. The molecule has 1 heterocycles. The Bertz CT molecular complexity index is 1400. The Kier molecular flexibility index (Phi) is 6.57. The van der Waals surface area contributed by atoms with Gasteiger partial charge in [-0.25, -0.2) is 9.69 Å². The Morgan fingerprint density at radius 1 is 1.03 bits per heavy atom. The lowest BCUT2D eigenvalue weighted by Crippen LogP contribution is -2.43. The number of benzene rings is 3. The third-order valence-corrected chi connectivity index (χ3v) is 6.20. The number of carbonyl (C=O) groups excluding carboxylic acids is 2. The highest BCUT2D eigenvalue weighted by Gasteiger charge is 2.52. The lowest BCUT2D eigenvalue weighted by Gasteiger charge is -2.29. The Labute approximate surface area is 211 Å². The topological polar surface area (TPSA) is 85.7 Å². The van der Waals surface area contributed by atoms with Gasteiger partial charge in [0.05, 0.1) is 36.5 Å². The van der Waals surface area contributed by atoms with Crippen LogP contribution in [0.1, 0.15) is 30.5 Å². The Morgan fingerprint density at radius 2 is 1.73 bits per heavy atom. The predicted octanol–water partition coefficient (Wildman–Crippen LogP) is 6.08. The summed E-state index contributed by atoms with van der Waals surface area (Å²) in [5.41, 5.74) is -1.34. The lowest BCUT2D eigenvalue weighted by atomic mass is 10.0. The van der Waals surface area contributed by atoms with Crippen LogP contribution < -0.4 is 15.0 Å². The van der Waals surface area contributed by atoms with Crippen molar-refractivity contribution in [2.45, 2.75) is 32.1 Å². The van der Waals surface area contributed by atoms with Gasteiger partial charge in [0, 0.05) is 11.4 Å². The third-order valence-electron chi connectivity index (χ3n) is 6.20. The first-order valence-corrected chi connectivity index (χ1v) is 11.2. The molecule has 1 saturated heterocycles. The van der Waals surface area contributed by atoms with Crippen LogP contribution in [0, 0.1) is 11.3 Å². The van der Waals surface area contributed by atoms with Crippen LogP contribution in [0.4, 0.5) is 35.0 Å². The van der Waals surface area contributed by atoms with Crippen molar-refractivity contribution < 1.29 is 27.5 Å². The molecule has 0 aliphatic carbocycles. The smallest absolute Gasteiger partial charge is 0.417 e. The third kappa shape index (κ3) is 4.80. The standard InChI is InChI=1S/C27H23F3N4O3/c1-26(2)24(35)34(20-10-9-17(15-31)22(14-20)27(28,29)30)25(36)33(26)16-18-13-21(37-3)11-12-23(18)32-19-7-5-4-6-8-19/h4-14,32H,16H2,1-3H3. The molecule has 4 rings (SSSR count). The number of hydrogen-bond donors (Lipinski definition) is 1. The van der Waals surface area contributed by atoms with Gasteiger partial charge in [0.25, 0.3) is 5.91 Å². The van der Waals surface area contributed by atoms with E-state index < -0.39 is 34.8 Å². The van der Waals surface area contributed by atoms with E-state index in [0.717, 1.165) is 22.7 Å². The fourth-order valence-corrected chi connectivity index (χ4v) is 4.13. The van der Waals surface area contributed by atoms with Gasteiger partial charge in [0.2, 0.25) is 0 Å². The normalized spacial score (nSPS) is 15.1. The van der Waals surface area contributed by atoms with E-state index in [1.807, 2.05) is 30.3 Å². The number of carbonyl (C=O) groups is 2. The molecular formula is C27H23F3N4O3. The average molecular weight is 509 g/mol. The molecule has 0 bridgehead atoms. The molecule has 3 aromatic rings. The molecule has 1 aliphatic rings. The monoisotopic (exact) mass is 508 g/mol. The quantitative estimate of drug-likeness (QED) is 0.408. The minimum atomic E-state index is -4.83. The van der Waals surface area contributed by atoms with Crippen LogP contribution in [-0.2, 0) is 17.5 Å². The van der Waals surface area contributed by atoms with E-state index in [9.17, 15) is 22.8 Å². The summed E-state index contributed by atoms with van der Waals surface area (Å²) in [6.07, 6.45) is -4.83. The van der Waals surface area contributed by atoms with Crippen LogP contribution in [0.5, 0.6) is 5.75 Å². The molecule has 0 aromatic heterocycles. The van der Waals surface area contributed by atoms with Gasteiger partial charge >= 0.3 is 12.2 Å². The van der Waals surface area contributed by atoms with E-state index in [-0.39, 0.29) is 12.2 Å². The molecule has 3 aromatic carbocycles. The van der Waals surface area contributed by atoms with Crippen LogP contribution in [-0.4, -0.2) is 29.5 Å². The molecule has 0 saturated carbocycles.